The van der Waals surface area contributed by atoms with Gasteiger partial charge in [0.25, 0.3) is 0 Å². The van der Waals surface area contributed by atoms with E-state index in [4.69, 9.17) is 0 Å². The second kappa shape index (κ2) is 6.53. The highest BCUT2D eigenvalue weighted by Crippen LogP contribution is 1.94. The lowest BCUT2D eigenvalue weighted by atomic mass is 10.4. The Kier molecular flexibility index (Phi) is 7.03. The van der Waals surface area contributed by atoms with Gasteiger partial charge in [-0.1, -0.05) is 26.7 Å². The molecular weight excluding hydrogens is 99.0 g/mol. The van der Waals surface area contributed by atoms with E-state index in [-0.39, 0.29) is 0 Å². The van der Waals surface area contributed by atoms with Crippen molar-refractivity contribution in [3.8, 4) is 0 Å². The van der Waals surface area contributed by atoms with E-state index < -0.39 is 0 Å². The zero-order chi connectivity index (χ0) is 5.54. The third kappa shape index (κ3) is 6.53. The summed E-state index contributed by atoms with van der Waals surface area (Å²) in [4.78, 5) is 0. The Morgan fingerprint density at radius 2 is 2.00 bits per heavy atom. The summed E-state index contributed by atoms with van der Waals surface area (Å²) in [5.41, 5.74) is 0. The van der Waals surface area contributed by atoms with Crippen molar-refractivity contribution < 1.29 is 0 Å². The molecule has 0 unspecified atom stereocenters. The molecule has 0 rings (SSSR count). The second-order valence-electron chi connectivity index (χ2n) is 1.84. The molecule has 0 heterocycles. The SMILES string of the molecule is CCC[CH2][Al][CH2]C. The summed E-state index contributed by atoms with van der Waals surface area (Å²) in [6, 6.07) is 0. The predicted octanol–water partition coefficient (Wildman–Crippen LogP) is 2.35. The molecule has 0 aliphatic carbocycles. The van der Waals surface area contributed by atoms with Gasteiger partial charge in [0.1, 0.15) is 0 Å². The van der Waals surface area contributed by atoms with Crippen LogP contribution in [0.3, 0.4) is 0 Å². The maximum Gasteiger partial charge on any atom is 0.199 e. The summed E-state index contributed by atoms with van der Waals surface area (Å²) in [5.74, 6) is 0. The number of unbranched alkanes of at least 4 members (excludes halogenated alkanes) is 1. The number of rotatable bonds is 4. The molecule has 0 N–H and O–H groups in total. The fraction of sp³-hybridized carbons (Fsp3) is 1.00. The normalized spacial score (nSPS) is 8.86. The van der Waals surface area contributed by atoms with Gasteiger partial charge in [0, 0.05) is 0 Å². The summed E-state index contributed by atoms with van der Waals surface area (Å²) in [7, 11) is 0. The molecule has 0 aliphatic rings. The predicted molar refractivity (Wildman–Crippen MR) is 35.9 cm³/mol. The van der Waals surface area contributed by atoms with Crippen molar-refractivity contribution in [3.05, 3.63) is 0 Å². The first-order valence-electron chi connectivity index (χ1n) is 3.23. The van der Waals surface area contributed by atoms with Gasteiger partial charge in [0.15, 0.2) is 15.2 Å². The van der Waals surface area contributed by atoms with Gasteiger partial charge in [-0.2, -0.15) is 0 Å². The Balaban J connectivity index is 2.45. The molecule has 0 saturated heterocycles. The maximum absolute atomic E-state index is 2.28. The van der Waals surface area contributed by atoms with Crippen molar-refractivity contribution in [1.29, 1.82) is 0 Å². The monoisotopic (exact) mass is 113 g/mol. The van der Waals surface area contributed by atoms with Crippen LogP contribution in [0.1, 0.15) is 26.7 Å². The van der Waals surface area contributed by atoms with Crippen molar-refractivity contribution in [2.45, 2.75) is 37.3 Å². The van der Waals surface area contributed by atoms with Gasteiger partial charge < -0.3 is 0 Å². The Morgan fingerprint density at radius 3 is 2.43 bits per heavy atom. The lowest BCUT2D eigenvalue weighted by Gasteiger charge is -1.88. The van der Waals surface area contributed by atoms with Crippen molar-refractivity contribution >= 4 is 15.2 Å². The summed E-state index contributed by atoms with van der Waals surface area (Å²) < 4.78 is 0. The van der Waals surface area contributed by atoms with Crippen LogP contribution < -0.4 is 0 Å². The average molecular weight is 113 g/mol. The van der Waals surface area contributed by atoms with E-state index in [1.807, 2.05) is 0 Å². The minimum Gasteiger partial charge on any atom is -0.106 e. The average Bonchev–Trinajstić information content (AvgIpc) is 1.69. The third-order valence-corrected chi connectivity index (χ3v) is 2.44. The zero-order valence-corrected chi connectivity index (χ0v) is 6.56. The molecule has 0 aromatic heterocycles. The van der Waals surface area contributed by atoms with E-state index in [2.05, 4.69) is 13.8 Å². The van der Waals surface area contributed by atoms with Gasteiger partial charge in [-0.05, 0) is 0 Å². The molecule has 0 bridgehead atoms. The fourth-order valence-electron chi connectivity index (χ4n) is 0.553. The first kappa shape index (κ1) is 7.53. The fourth-order valence-corrected chi connectivity index (χ4v) is 1.66. The second-order valence-corrected chi connectivity index (χ2v) is 3.81. The van der Waals surface area contributed by atoms with Gasteiger partial charge in [-0.3, -0.25) is 0 Å². The minimum atomic E-state index is 0.816. The summed E-state index contributed by atoms with van der Waals surface area (Å²) in [5, 5.41) is 2.97. The molecule has 0 fully saturated rings. The molecule has 0 aliphatic heterocycles. The van der Waals surface area contributed by atoms with Crippen molar-refractivity contribution in [2.75, 3.05) is 0 Å². The number of hydrogen-bond acceptors (Lipinski definition) is 0. The van der Waals surface area contributed by atoms with Crippen LogP contribution in [0.5, 0.6) is 0 Å². The lowest BCUT2D eigenvalue weighted by Crippen LogP contribution is -1.82. The maximum atomic E-state index is 2.28. The van der Waals surface area contributed by atoms with E-state index in [9.17, 15) is 0 Å². The molecule has 0 amide bonds. The Bertz CT molecular complexity index is 23.4. The van der Waals surface area contributed by atoms with E-state index in [1.54, 1.807) is 0 Å². The molecule has 0 aromatic carbocycles. The van der Waals surface area contributed by atoms with Gasteiger partial charge in [0.2, 0.25) is 0 Å². The molecule has 0 aromatic rings. The molecule has 0 atom stereocenters. The molecule has 1 heteroatoms. The van der Waals surface area contributed by atoms with Crippen molar-refractivity contribution in [2.24, 2.45) is 0 Å². The van der Waals surface area contributed by atoms with Crippen LogP contribution in [0.15, 0.2) is 0 Å². The molecule has 0 spiro atoms. The Hall–Kier alpha value is 0.532. The lowest BCUT2D eigenvalue weighted by molar-refractivity contribution is 0.877. The van der Waals surface area contributed by atoms with Crippen molar-refractivity contribution in [1.82, 2.24) is 0 Å². The van der Waals surface area contributed by atoms with Crippen LogP contribution >= 0.6 is 0 Å². The molecule has 41 valence electrons. The van der Waals surface area contributed by atoms with E-state index in [0.717, 1.165) is 15.2 Å². The largest absolute Gasteiger partial charge is 0.199 e. The molecule has 0 nitrogen and oxygen atoms in total. The van der Waals surface area contributed by atoms with Crippen LogP contribution in [0.4, 0.5) is 0 Å². The molecule has 0 saturated carbocycles. The van der Waals surface area contributed by atoms with Crippen LogP contribution in [-0.2, 0) is 0 Å². The zero-order valence-electron chi connectivity index (χ0n) is 5.41. The Morgan fingerprint density at radius 1 is 1.29 bits per heavy atom. The molecule has 1 radical (unpaired) electrons. The van der Waals surface area contributed by atoms with Crippen LogP contribution in [0.2, 0.25) is 10.6 Å². The van der Waals surface area contributed by atoms with Crippen LogP contribution in [0, 0.1) is 0 Å². The number of hydrogen-bond donors (Lipinski definition) is 0. The minimum absolute atomic E-state index is 0.816. The Labute approximate surface area is 53.0 Å². The van der Waals surface area contributed by atoms with Gasteiger partial charge in [0.05, 0.1) is 0 Å². The van der Waals surface area contributed by atoms with Crippen LogP contribution in [0.25, 0.3) is 0 Å². The highest BCUT2D eigenvalue weighted by atomic mass is 27.1. The van der Waals surface area contributed by atoms with E-state index in [0.29, 0.717) is 0 Å². The summed E-state index contributed by atoms with van der Waals surface area (Å²) >= 11 is 0.816. The van der Waals surface area contributed by atoms with Crippen LogP contribution in [-0.4, -0.2) is 15.2 Å². The smallest absolute Gasteiger partial charge is 0.106 e. The third-order valence-electron chi connectivity index (χ3n) is 1.05. The quantitative estimate of drug-likeness (QED) is 0.388. The van der Waals surface area contributed by atoms with E-state index >= 15 is 0 Å². The summed E-state index contributed by atoms with van der Waals surface area (Å²) in [6.45, 7) is 4.54. The topological polar surface area (TPSA) is 0 Å². The highest BCUT2D eigenvalue weighted by molar-refractivity contribution is 6.35. The van der Waals surface area contributed by atoms with Gasteiger partial charge in [-0.25, -0.2) is 0 Å². The van der Waals surface area contributed by atoms with Gasteiger partial charge >= 0.3 is 0 Å². The highest BCUT2D eigenvalue weighted by Gasteiger charge is 1.84. The summed E-state index contributed by atoms with van der Waals surface area (Å²) in [6.07, 6.45) is 2.84. The van der Waals surface area contributed by atoms with Gasteiger partial charge in [-0.15, -0.1) is 10.6 Å². The van der Waals surface area contributed by atoms with Crippen molar-refractivity contribution in [3.63, 3.8) is 0 Å². The van der Waals surface area contributed by atoms with E-state index in [1.165, 1.54) is 23.4 Å². The molecular formula is C6H14Al. The first-order valence-corrected chi connectivity index (χ1v) is 4.86. The standard InChI is InChI=1S/C4H9.C2H5.Al/c1-3-4-2;1-2;/h1,3-4H2,2H3;1H2,2H3;. The first-order chi connectivity index (χ1) is 3.41. The molecule has 7 heavy (non-hydrogen) atoms.